The zero-order valence-corrected chi connectivity index (χ0v) is 7.06. The van der Waals surface area contributed by atoms with Gasteiger partial charge in [-0.3, -0.25) is 0 Å². The largest absolute Gasteiger partial charge is 1.00 e. The van der Waals surface area contributed by atoms with Crippen molar-refractivity contribution in [3.05, 3.63) is 28.7 Å². The Kier molecular flexibility index (Phi) is 3.69. The van der Waals surface area contributed by atoms with Gasteiger partial charge in [-0.05, 0) is 6.07 Å². The number of hydrogen-bond donors (Lipinski definition) is 2. The van der Waals surface area contributed by atoms with Crippen molar-refractivity contribution >= 4 is 11.7 Å². The average Bonchev–Trinajstić information content (AvgIpc) is 2.05. The van der Waals surface area contributed by atoms with E-state index in [-0.39, 0.29) is 29.4 Å². The molecule has 0 aromatic heterocycles. The van der Waals surface area contributed by atoms with Crippen LogP contribution in [0.3, 0.4) is 0 Å². The number of aromatic hydroxyl groups is 1. The van der Waals surface area contributed by atoms with Crippen LogP contribution in [0.1, 0.15) is 10.4 Å². The highest BCUT2D eigenvalue weighted by Crippen LogP contribution is 2.22. The summed E-state index contributed by atoms with van der Waals surface area (Å²) in [5.74, 6) is -1.62. The van der Waals surface area contributed by atoms with Crippen LogP contribution in [0.25, 0.3) is 4.98 Å². The van der Waals surface area contributed by atoms with Crippen molar-refractivity contribution in [1.29, 1.82) is 5.39 Å². The minimum absolute atomic E-state index is 0. The van der Waals surface area contributed by atoms with E-state index in [1.54, 1.807) is 0 Å². The third kappa shape index (κ3) is 2.32. The van der Waals surface area contributed by atoms with Gasteiger partial charge in [-0.25, -0.2) is 4.79 Å². The molecule has 6 heteroatoms. The van der Waals surface area contributed by atoms with Crippen LogP contribution in [0.15, 0.2) is 18.2 Å². The van der Waals surface area contributed by atoms with Crippen LogP contribution in [0.4, 0.5) is 5.69 Å². The number of nitrogens with zero attached hydrogens (tertiary/aromatic N) is 2. The molecule has 0 spiro atoms. The molecule has 13 heavy (non-hydrogen) atoms. The van der Waals surface area contributed by atoms with Crippen molar-refractivity contribution in [2.45, 2.75) is 0 Å². The maximum atomic E-state index is 10.4. The van der Waals surface area contributed by atoms with Gasteiger partial charge in [0.15, 0.2) is 4.98 Å². The standard InChI is InChI=1S/C7H4N2O3.ClH/c8-9-4-1-2-6(10)5(3-4)7(11)12;/h1-3H,(H-,10,11,12);1H. The van der Waals surface area contributed by atoms with E-state index in [1.165, 1.54) is 6.07 Å². The lowest BCUT2D eigenvalue weighted by atomic mass is 10.2. The molecule has 68 valence electrons. The number of aromatic carboxylic acids is 1. The van der Waals surface area contributed by atoms with Crippen LogP contribution in [0.5, 0.6) is 5.75 Å². The molecule has 1 aromatic carbocycles. The summed E-state index contributed by atoms with van der Waals surface area (Å²) in [6.45, 7) is 0. The Morgan fingerprint density at radius 3 is 2.54 bits per heavy atom. The third-order valence-corrected chi connectivity index (χ3v) is 1.33. The zero-order chi connectivity index (χ0) is 9.14. The molecule has 0 heterocycles. The van der Waals surface area contributed by atoms with Gasteiger partial charge in [0.25, 0.3) is 0 Å². The average molecular weight is 201 g/mol. The second-order valence-electron chi connectivity index (χ2n) is 2.11. The maximum Gasteiger partial charge on any atom is 0.386 e. The van der Waals surface area contributed by atoms with Crippen molar-refractivity contribution in [1.82, 2.24) is 0 Å². The highest BCUT2D eigenvalue weighted by Gasteiger charge is 2.14. The van der Waals surface area contributed by atoms with Crippen molar-refractivity contribution < 1.29 is 27.4 Å². The number of benzene rings is 1. The van der Waals surface area contributed by atoms with Crippen LogP contribution < -0.4 is 12.4 Å². The fraction of sp³-hybridized carbons (Fsp3) is 0. The molecule has 0 aliphatic carbocycles. The quantitative estimate of drug-likeness (QED) is 0.545. The Bertz CT molecular complexity index is 372. The van der Waals surface area contributed by atoms with E-state index in [4.69, 9.17) is 15.6 Å². The molecule has 0 amide bonds. The molecule has 0 saturated carbocycles. The van der Waals surface area contributed by atoms with E-state index >= 15 is 0 Å². The van der Waals surface area contributed by atoms with E-state index in [0.717, 1.165) is 12.1 Å². The first-order valence-electron chi connectivity index (χ1n) is 3.06. The Labute approximate surface area is 79.7 Å². The summed E-state index contributed by atoms with van der Waals surface area (Å²) in [5.41, 5.74) is -0.199. The Balaban J connectivity index is 0.00000144. The molecular formula is C7H5ClN2O3. The van der Waals surface area contributed by atoms with Gasteiger partial charge in [-0.1, -0.05) is 0 Å². The number of carboxylic acid groups (broad SMARTS) is 1. The molecule has 0 aliphatic rings. The summed E-state index contributed by atoms with van der Waals surface area (Å²) >= 11 is 0. The second-order valence-corrected chi connectivity index (χ2v) is 2.11. The van der Waals surface area contributed by atoms with E-state index in [9.17, 15) is 4.79 Å². The number of phenols is 1. The lowest BCUT2D eigenvalue weighted by Gasteiger charge is -1.93. The second kappa shape index (κ2) is 4.28. The SMILES string of the molecule is N#[N+]c1ccc(O)c(C(=O)O)c1.[Cl-]. The van der Waals surface area contributed by atoms with Crippen LogP contribution in [0, 0.1) is 5.39 Å². The summed E-state index contributed by atoms with van der Waals surface area (Å²) < 4.78 is 0. The molecular weight excluding hydrogens is 196 g/mol. The molecule has 1 rings (SSSR count). The minimum Gasteiger partial charge on any atom is -1.00 e. The van der Waals surface area contributed by atoms with E-state index in [1.807, 2.05) is 0 Å². The minimum atomic E-state index is -1.27. The van der Waals surface area contributed by atoms with Crippen molar-refractivity contribution in [2.75, 3.05) is 0 Å². The number of rotatable bonds is 1. The summed E-state index contributed by atoms with van der Waals surface area (Å²) in [6.07, 6.45) is 0. The molecule has 0 atom stereocenters. The lowest BCUT2D eigenvalue weighted by Crippen LogP contribution is -3.00. The fourth-order valence-corrected chi connectivity index (χ4v) is 0.758. The van der Waals surface area contributed by atoms with E-state index < -0.39 is 5.97 Å². The van der Waals surface area contributed by atoms with Crippen molar-refractivity contribution in [3.8, 4) is 5.75 Å². The van der Waals surface area contributed by atoms with Gasteiger partial charge in [0.05, 0.1) is 6.07 Å². The third-order valence-electron chi connectivity index (χ3n) is 1.33. The van der Waals surface area contributed by atoms with Crippen LogP contribution >= 0.6 is 0 Å². The Morgan fingerprint density at radius 2 is 2.08 bits per heavy atom. The predicted octanol–water partition coefficient (Wildman–Crippen LogP) is -1.42. The normalized spacial score (nSPS) is 8.23. The number of hydrogen-bond acceptors (Lipinski definition) is 3. The summed E-state index contributed by atoms with van der Waals surface area (Å²) in [6, 6.07) is 3.51. The summed E-state index contributed by atoms with van der Waals surface area (Å²) in [4.78, 5) is 13.2. The predicted molar refractivity (Wildman–Crippen MR) is 39.8 cm³/mol. The lowest BCUT2D eigenvalue weighted by molar-refractivity contribution is -0.0000200. The number of diazo groups is 1. The van der Waals surface area contributed by atoms with Gasteiger partial charge < -0.3 is 22.6 Å². The first kappa shape index (κ1) is 11.2. The van der Waals surface area contributed by atoms with Crippen LogP contribution in [0.2, 0.25) is 0 Å². The van der Waals surface area contributed by atoms with Crippen LogP contribution in [-0.4, -0.2) is 16.2 Å². The fourth-order valence-electron chi connectivity index (χ4n) is 0.758. The highest BCUT2D eigenvalue weighted by atomic mass is 35.5. The summed E-state index contributed by atoms with van der Waals surface area (Å²) in [7, 11) is 0. The molecule has 2 N–H and O–H groups in total. The van der Waals surface area contributed by atoms with Gasteiger partial charge in [-0.15, -0.1) is 0 Å². The van der Waals surface area contributed by atoms with Gasteiger partial charge in [-0.2, -0.15) is 0 Å². The van der Waals surface area contributed by atoms with Crippen LogP contribution in [-0.2, 0) is 0 Å². The van der Waals surface area contributed by atoms with Gasteiger partial charge in [0, 0.05) is 6.07 Å². The Hall–Kier alpha value is -1.80. The molecule has 0 saturated heterocycles. The molecule has 0 radical (unpaired) electrons. The van der Waals surface area contributed by atoms with Gasteiger partial charge in [0.1, 0.15) is 11.3 Å². The maximum absolute atomic E-state index is 10.4. The van der Waals surface area contributed by atoms with E-state index in [0.29, 0.717) is 0 Å². The Morgan fingerprint density at radius 1 is 1.46 bits per heavy atom. The number of carboxylic acids is 1. The van der Waals surface area contributed by atoms with Crippen molar-refractivity contribution in [3.63, 3.8) is 0 Å². The van der Waals surface area contributed by atoms with Crippen molar-refractivity contribution in [2.24, 2.45) is 0 Å². The molecule has 0 fully saturated rings. The molecule has 0 aliphatic heterocycles. The molecule has 0 unspecified atom stereocenters. The summed E-state index contributed by atoms with van der Waals surface area (Å²) in [5, 5.41) is 25.8. The molecule has 0 bridgehead atoms. The number of carbonyl (C=O) groups is 1. The monoisotopic (exact) mass is 200 g/mol. The molecule has 5 nitrogen and oxygen atoms in total. The van der Waals surface area contributed by atoms with Gasteiger partial charge >= 0.3 is 11.7 Å². The zero-order valence-electron chi connectivity index (χ0n) is 6.31. The van der Waals surface area contributed by atoms with Gasteiger partial charge in [0.2, 0.25) is 5.39 Å². The number of halogens is 1. The first-order valence-corrected chi connectivity index (χ1v) is 3.06. The first-order chi connectivity index (χ1) is 5.65. The molecule has 1 aromatic rings. The van der Waals surface area contributed by atoms with E-state index in [2.05, 4.69) is 4.98 Å². The topological polar surface area (TPSA) is 85.7 Å². The smallest absolute Gasteiger partial charge is 0.386 e. The highest BCUT2D eigenvalue weighted by molar-refractivity contribution is 5.92.